The van der Waals surface area contributed by atoms with Crippen molar-refractivity contribution >= 4 is 11.7 Å². The standard InChI is InChI=1S/C7H9N3O2/c1-8-5-3-9-4-10-6(5)7(11)12-2/h3-4,8H,1-2H3. The number of aromatic nitrogens is 2. The van der Waals surface area contributed by atoms with Gasteiger partial charge in [-0.1, -0.05) is 0 Å². The molecular formula is C7H9N3O2. The first kappa shape index (κ1) is 8.45. The van der Waals surface area contributed by atoms with E-state index >= 15 is 0 Å². The largest absolute Gasteiger partial charge is 0.464 e. The van der Waals surface area contributed by atoms with Gasteiger partial charge >= 0.3 is 5.97 Å². The quantitative estimate of drug-likeness (QED) is 0.642. The molecule has 1 N–H and O–H groups in total. The first-order valence-corrected chi connectivity index (χ1v) is 3.35. The molecule has 1 aromatic rings. The van der Waals surface area contributed by atoms with E-state index in [9.17, 15) is 4.79 Å². The molecule has 1 rings (SSSR count). The fourth-order valence-corrected chi connectivity index (χ4v) is 0.772. The van der Waals surface area contributed by atoms with Crippen LogP contribution in [-0.2, 0) is 4.74 Å². The SMILES string of the molecule is CNc1cncnc1C(=O)OC. The number of nitrogens with zero attached hydrogens (tertiary/aromatic N) is 2. The van der Waals surface area contributed by atoms with E-state index in [0.717, 1.165) is 0 Å². The number of methoxy groups -OCH3 is 1. The van der Waals surface area contributed by atoms with Crippen molar-refractivity contribution in [1.82, 2.24) is 9.97 Å². The predicted molar refractivity (Wildman–Crippen MR) is 42.9 cm³/mol. The van der Waals surface area contributed by atoms with E-state index < -0.39 is 5.97 Å². The highest BCUT2D eigenvalue weighted by atomic mass is 16.5. The Kier molecular flexibility index (Phi) is 2.57. The Hall–Kier alpha value is -1.65. The molecule has 64 valence electrons. The van der Waals surface area contributed by atoms with E-state index in [1.807, 2.05) is 0 Å². The zero-order valence-corrected chi connectivity index (χ0v) is 6.87. The van der Waals surface area contributed by atoms with Crippen molar-refractivity contribution in [3.63, 3.8) is 0 Å². The lowest BCUT2D eigenvalue weighted by molar-refractivity contribution is 0.0595. The summed E-state index contributed by atoms with van der Waals surface area (Å²) in [4.78, 5) is 18.6. The Balaban J connectivity index is 3.04. The minimum absolute atomic E-state index is 0.245. The summed E-state index contributed by atoms with van der Waals surface area (Å²) >= 11 is 0. The van der Waals surface area contributed by atoms with Crippen LogP contribution in [0.3, 0.4) is 0 Å². The number of ether oxygens (including phenoxy) is 1. The Bertz CT molecular complexity index is 288. The minimum atomic E-state index is -0.471. The molecule has 0 amide bonds. The third-order valence-corrected chi connectivity index (χ3v) is 1.36. The van der Waals surface area contributed by atoms with Gasteiger partial charge in [0.15, 0.2) is 5.69 Å². The molecule has 1 heterocycles. The van der Waals surface area contributed by atoms with Gasteiger partial charge in [0.25, 0.3) is 0 Å². The lowest BCUT2D eigenvalue weighted by Crippen LogP contribution is -2.08. The molecule has 12 heavy (non-hydrogen) atoms. The fourth-order valence-electron chi connectivity index (χ4n) is 0.772. The van der Waals surface area contributed by atoms with Crippen molar-refractivity contribution in [1.29, 1.82) is 0 Å². The molecule has 0 unspecified atom stereocenters. The molecule has 0 saturated heterocycles. The van der Waals surface area contributed by atoms with E-state index in [1.165, 1.54) is 19.6 Å². The Morgan fingerprint density at radius 1 is 1.67 bits per heavy atom. The number of carbonyl (C=O) groups excluding carboxylic acids is 1. The van der Waals surface area contributed by atoms with Crippen molar-refractivity contribution < 1.29 is 9.53 Å². The molecule has 0 aromatic carbocycles. The van der Waals surface area contributed by atoms with Crippen LogP contribution >= 0.6 is 0 Å². The number of hydrogen-bond donors (Lipinski definition) is 1. The summed E-state index contributed by atoms with van der Waals surface area (Å²) in [6, 6.07) is 0. The van der Waals surface area contributed by atoms with Crippen molar-refractivity contribution in [3.8, 4) is 0 Å². The van der Waals surface area contributed by atoms with E-state index in [1.54, 1.807) is 7.05 Å². The maximum Gasteiger partial charge on any atom is 0.358 e. The molecule has 0 spiro atoms. The van der Waals surface area contributed by atoms with Gasteiger partial charge in [-0.3, -0.25) is 0 Å². The van der Waals surface area contributed by atoms with Crippen LogP contribution in [-0.4, -0.2) is 30.1 Å². The van der Waals surface area contributed by atoms with Gasteiger partial charge in [-0.05, 0) is 0 Å². The minimum Gasteiger partial charge on any atom is -0.464 e. The number of esters is 1. The van der Waals surface area contributed by atoms with Crippen molar-refractivity contribution in [2.45, 2.75) is 0 Å². The highest BCUT2D eigenvalue weighted by molar-refractivity contribution is 5.92. The van der Waals surface area contributed by atoms with Gasteiger partial charge in [-0.15, -0.1) is 0 Å². The first-order chi connectivity index (χ1) is 5.79. The van der Waals surface area contributed by atoms with E-state index in [2.05, 4.69) is 20.0 Å². The summed E-state index contributed by atoms with van der Waals surface area (Å²) in [5.74, 6) is -0.471. The maximum atomic E-state index is 11.0. The summed E-state index contributed by atoms with van der Waals surface area (Å²) in [6.07, 6.45) is 2.81. The third kappa shape index (κ3) is 1.50. The van der Waals surface area contributed by atoms with Crippen molar-refractivity contribution in [3.05, 3.63) is 18.2 Å². The second kappa shape index (κ2) is 3.66. The van der Waals surface area contributed by atoms with Gasteiger partial charge < -0.3 is 10.1 Å². The molecule has 0 bridgehead atoms. The van der Waals surface area contributed by atoms with Gasteiger partial charge in [-0.25, -0.2) is 14.8 Å². The second-order valence-corrected chi connectivity index (χ2v) is 2.03. The zero-order valence-electron chi connectivity index (χ0n) is 6.87. The molecule has 0 atom stereocenters. The highest BCUT2D eigenvalue weighted by Crippen LogP contribution is 2.09. The Morgan fingerprint density at radius 2 is 2.42 bits per heavy atom. The molecule has 0 aliphatic heterocycles. The molecule has 0 radical (unpaired) electrons. The van der Waals surface area contributed by atoms with Crippen LogP contribution in [0, 0.1) is 0 Å². The normalized spacial score (nSPS) is 9.17. The summed E-state index contributed by atoms with van der Waals surface area (Å²) in [5.41, 5.74) is 0.805. The average molecular weight is 167 g/mol. The molecule has 0 fully saturated rings. The molecule has 5 heteroatoms. The van der Waals surface area contributed by atoms with Gasteiger partial charge in [-0.2, -0.15) is 0 Å². The molecule has 5 nitrogen and oxygen atoms in total. The summed E-state index contributed by atoms with van der Waals surface area (Å²) < 4.78 is 4.51. The van der Waals surface area contributed by atoms with Crippen LogP contribution in [0.2, 0.25) is 0 Å². The summed E-state index contributed by atoms with van der Waals surface area (Å²) in [6.45, 7) is 0. The number of hydrogen-bond acceptors (Lipinski definition) is 5. The molecule has 0 aliphatic carbocycles. The molecule has 1 aromatic heterocycles. The molecule has 0 aliphatic rings. The number of anilines is 1. The highest BCUT2D eigenvalue weighted by Gasteiger charge is 2.11. The van der Waals surface area contributed by atoms with Crippen LogP contribution < -0.4 is 5.32 Å². The van der Waals surface area contributed by atoms with Crippen LogP contribution in [0.5, 0.6) is 0 Å². The Morgan fingerprint density at radius 3 is 3.00 bits per heavy atom. The van der Waals surface area contributed by atoms with Gasteiger partial charge in [0.1, 0.15) is 6.33 Å². The monoisotopic (exact) mass is 167 g/mol. The average Bonchev–Trinajstić information content (AvgIpc) is 2.16. The lowest BCUT2D eigenvalue weighted by atomic mass is 10.3. The summed E-state index contributed by atoms with van der Waals surface area (Å²) in [7, 11) is 3.00. The van der Waals surface area contributed by atoms with Crippen LogP contribution in [0.25, 0.3) is 0 Å². The predicted octanol–water partition coefficient (Wildman–Crippen LogP) is 0.305. The second-order valence-electron chi connectivity index (χ2n) is 2.03. The van der Waals surface area contributed by atoms with Crippen LogP contribution in [0.15, 0.2) is 12.5 Å². The number of carbonyl (C=O) groups is 1. The van der Waals surface area contributed by atoms with E-state index in [-0.39, 0.29) is 5.69 Å². The van der Waals surface area contributed by atoms with Crippen LogP contribution in [0.4, 0.5) is 5.69 Å². The van der Waals surface area contributed by atoms with Crippen LogP contribution in [0.1, 0.15) is 10.5 Å². The summed E-state index contributed by atoms with van der Waals surface area (Å²) in [5, 5.41) is 2.78. The first-order valence-electron chi connectivity index (χ1n) is 3.35. The fraction of sp³-hybridized carbons (Fsp3) is 0.286. The smallest absolute Gasteiger partial charge is 0.358 e. The maximum absolute atomic E-state index is 11.0. The number of rotatable bonds is 2. The zero-order chi connectivity index (χ0) is 8.97. The lowest BCUT2D eigenvalue weighted by Gasteiger charge is -2.03. The van der Waals surface area contributed by atoms with E-state index in [0.29, 0.717) is 5.69 Å². The van der Waals surface area contributed by atoms with Crippen molar-refractivity contribution in [2.75, 3.05) is 19.5 Å². The topological polar surface area (TPSA) is 64.1 Å². The van der Waals surface area contributed by atoms with Gasteiger partial charge in [0, 0.05) is 7.05 Å². The third-order valence-electron chi connectivity index (χ3n) is 1.36. The molecular weight excluding hydrogens is 158 g/mol. The number of nitrogens with one attached hydrogen (secondary N) is 1. The van der Waals surface area contributed by atoms with Gasteiger partial charge in [0.2, 0.25) is 0 Å². The van der Waals surface area contributed by atoms with Gasteiger partial charge in [0.05, 0.1) is 19.0 Å². The molecule has 0 saturated carbocycles. The Labute approximate surface area is 69.8 Å². The van der Waals surface area contributed by atoms with E-state index in [4.69, 9.17) is 0 Å². The van der Waals surface area contributed by atoms with Crippen molar-refractivity contribution in [2.24, 2.45) is 0 Å².